The van der Waals surface area contributed by atoms with Gasteiger partial charge in [0, 0.05) is 32.9 Å². The topological polar surface area (TPSA) is 58.2 Å². The summed E-state index contributed by atoms with van der Waals surface area (Å²) in [6.45, 7) is 0.800. The highest BCUT2D eigenvalue weighted by Crippen LogP contribution is 2.20. The van der Waals surface area contributed by atoms with Crippen molar-refractivity contribution in [3.05, 3.63) is 58.6 Å². The number of carbonyl (C=O) groups is 2. The predicted molar refractivity (Wildman–Crippen MR) is 110 cm³/mol. The molecule has 0 fully saturated rings. The van der Waals surface area contributed by atoms with E-state index in [4.69, 9.17) is 23.2 Å². The molecule has 0 aromatic heterocycles. The van der Waals surface area contributed by atoms with E-state index in [1.807, 2.05) is 24.3 Å². The van der Waals surface area contributed by atoms with Crippen molar-refractivity contribution < 1.29 is 9.59 Å². The van der Waals surface area contributed by atoms with Crippen LogP contribution in [0.3, 0.4) is 0 Å². The van der Waals surface area contributed by atoms with Crippen LogP contribution in [0.5, 0.6) is 0 Å². The van der Waals surface area contributed by atoms with Crippen molar-refractivity contribution in [1.29, 1.82) is 0 Å². The molecule has 2 amide bonds. The van der Waals surface area contributed by atoms with Crippen molar-refractivity contribution in [2.24, 2.45) is 0 Å². The van der Waals surface area contributed by atoms with Crippen molar-refractivity contribution in [3.63, 3.8) is 0 Å². The predicted octanol–water partition coefficient (Wildman–Crippen LogP) is 4.11. The van der Waals surface area contributed by atoms with E-state index in [0.717, 1.165) is 9.79 Å². The summed E-state index contributed by atoms with van der Waals surface area (Å²) in [4.78, 5) is 25.5. The Labute approximate surface area is 171 Å². The number of hydrogen-bond acceptors (Lipinski definition) is 4. The quantitative estimate of drug-likeness (QED) is 0.465. The largest absolute Gasteiger partial charge is 0.354 e. The lowest BCUT2D eigenvalue weighted by Gasteiger charge is -2.07. The molecule has 4 nitrogen and oxygen atoms in total. The van der Waals surface area contributed by atoms with Gasteiger partial charge in [0.2, 0.25) is 11.8 Å². The molecular weight excluding hydrogens is 411 g/mol. The summed E-state index contributed by atoms with van der Waals surface area (Å²) in [6, 6.07) is 14.7. The lowest BCUT2D eigenvalue weighted by Crippen LogP contribution is -2.36. The van der Waals surface area contributed by atoms with Gasteiger partial charge in [-0.3, -0.25) is 9.59 Å². The van der Waals surface area contributed by atoms with Gasteiger partial charge in [0.25, 0.3) is 0 Å². The molecule has 2 rings (SSSR count). The molecule has 2 N–H and O–H groups in total. The van der Waals surface area contributed by atoms with Crippen LogP contribution >= 0.6 is 46.7 Å². The molecule has 0 radical (unpaired) electrons. The Kier molecular flexibility index (Phi) is 9.18. The maximum atomic E-state index is 11.8. The van der Waals surface area contributed by atoms with Gasteiger partial charge in [0.05, 0.1) is 11.5 Å². The van der Waals surface area contributed by atoms with Gasteiger partial charge in [-0.15, -0.1) is 23.5 Å². The second kappa shape index (κ2) is 11.4. The Balaban J connectivity index is 1.54. The number of hydrogen-bond donors (Lipinski definition) is 2. The van der Waals surface area contributed by atoms with Gasteiger partial charge in [-0.2, -0.15) is 0 Å². The van der Waals surface area contributed by atoms with E-state index in [0.29, 0.717) is 34.6 Å². The van der Waals surface area contributed by atoms with E-state index in [9.17, 15) is 9.59 Å². The Hall–Kier alpha value is -1.34. The number of benzene rings is 2. The van der Waals surface area contributed by atoms with E-state index < -0.39 is 0 Å². The summed E-state index contributed by atoms with van der Waals surface area (Å²) in [5.41, 5.74) is 0. The van der Waals surface area contributed by atoms with Gasteiger partial charge >= 0.3 is 0 Å². The van der Waals surface area contributed by atoms with Crippen LogP contribution in [0, 0.1) is 0 Å². The van der Waals surface area contributed by atoms with Crippen LogP contribution in [0.1, 0.15) is 0 Å². The molecule has 0 aliphatic heterocycles. The zero-order valence-corrected chi connectivity index (χ0v) is 17.0. The van der Waals surface area contributed by atoms with Crippen LogP contribution in [0.25, 0.3) is 0 Å². The maximum Gasteiger partial charge on any atom is 0.230 e. The van der Waals surface area contributed by atoms with Crippen LogP contribution in [0.15, 0.2) is 58.3 Å². The fourth-order valence-electron chi connectivity index (χ4n) is 1.87. The number of halogens is 2. The molecule has 26 heavy (non-hydrogen) atoms. The number of nitrogens with one attached hydrogen (secondary N) is 2. The summed E-state index contributed by atoms with van der Waals surface area (Å²) in [7, 11) is 0. The third-order valence-corrected chi connectivity index (χ3v) is 5.66. The highest BCUT2D eigenvalue weighted by molar-refractivity contribution is 8.00. The minimum absolute atomic E-state index is 0.0743. The summed E-state index contributed by atoms with van der Waals surface area (Å²) in [5.74, 6) is 0.494. The monoisotopic (exact) mass is 428 g/mol. The molecule has 0 saturated carbocycles. The van der Waals surface area contributed by atoms with Gasteiger partial charge < -0.3 is 10.6 Å². The zero-order valence-electron chi connectivity index (χ0n) is 13.8. The molecule has 0 unspecified atom stereocenters. The van der Waals surface area contributed by atoms with Gasteiger partial charge in [-0.25, -0.2) is 0 Å². The van der Waals surface area contributed by atoms with Crippen LogP contribution in [0.2, 0.25) is 10.0 Å². The van der Waals surface area contributed by atoms with Gasteiger partial charge in [0.1, 0.15) is 0 Å². The fraction of sp³-hybridized carbons (Fsp3) is 0.222. The third-order valence-electron chi connectivity index (χ3n) is 3.14. The average molecular weight is 429 g/mol. The van der Waals surface area contributed by atoms with Crippen LogP contribution < -0.4 is 10.6 Å². The molecule has 0 heterocycles. The summed E-state index contributed by atoms with van der Waals surface area (Å²) in [5, 5.41) is 6.90. The molecular formula is C18H18Cl2N2O2S2. The van der Waals surface area contributed by atoms with Gasteiger partial charge in [-0.1, -0.05) is 23.2 Å². The molecule has 8 heteroatoms. The van der Waals surface area contributed by atoms with Crippen molar-refractivity contribution in [3.8, 4) is 0 Å². The fourth-order valence-corrected chi connectivity index (χ4v) is 3.57. The second-order valence-corrected chi connectivity index (χ2v) is 8.16. The first-order chi connectivity index (χ1) is 12.5. The number of carbonyl (C=O) groups excluding carboxylic acids is 2. The first-order valence-electron chi connectivity index (χ1n) is 7.83. The normalized spacial score (nSPS) is 10.4. The Morgan fingerprint density at radius 3 is 1.38 bits per heavy atom. The molecule has 138 valence electrons. The molecule has 0 spiro atoms. The minimum Gasteiger partial charge on any atom is -0.354 e. The number of thioether (sulfide) groups is 2. The SMILES string of the molecule is O=C(CSc1ccc(Cl)cc1)NCCNC(=O)CSc1ccc(Cl)cc1. The molecule has 0 atom stereocenters. The highest BCUT2D eigenvalue weighted by atomic mass is 35.5. The summed E-state index contributed by atoms with van der Waals surface area (Å²) >= 11 is 14.5. The smallest absolute Gasteiger partial charge is 0.230 e. The van der Waals surface area contributed by atoms with E-state index in [-0.39, 0.29) is 11.8 Å². The Morgan fingerprint density at radius 1 is 0.692 bits per heavy atom. The lowest BCUT2D eigenvalue weighted by atomic mass is 10.4. The second-order valence-electron chi connectivity index (χ2n) is 5.19. The van der Waals surface area contributed by atoms with E-state index in [2.05, 4.69) is 10.6 Å². The molecule has 2 aromatic rings. The van der Waals surface area contributed by atoms with Gasteiger partial charge in [0.15, 0.2) is 0 Å². The molecule has 2 aromatic carbocycles. The number of amides is 2. The highest BCUT2D eigenvalue weighted by Gasteiger charge is 2.05. The van der Waals surface area contributed by atoms with Crippen molar-refractivity contribution >= 4 is 58.5 Å². The van der Waals surface area contributed by atoms with Crippen LogP contribution in [-0.2, 0) is 9.59 Å². The van der Waals surface area contributed by atoms with Crippen molar-refractivity contribution in [2.45, 2.75) is 9.79 Å². The minimum atomic E-state index is -0.0743. The van der Waals surface area contributed by atoms with E-state index in [1.165, 1.54) is 23.5 Å². The van der Waals surface area contributed by atoms with Crippen molar-refractivity contribution in [1.82, 2.24) is 10.6 Å². The Morgan fingerprint density at radius 2 is 1.04 bits per heavy atom. The van der Waals surface area contributed by atoms with E-state index in [1.54, 1.807) is 24.3 Å². The molecule has 0 aliphatic carbocycles. The Bertz CT molecular complexity index is 661. The first-order valence-corrected chi connectivity index (χ1v) is 10.6. The average Bonchev–Trinajstić information content (AvgIpc) is 2.64. The molecule has 0 saturated heterocycles. The zero-order chi connectivity index (χ0) is 18.8. The first kappa shape index (κ1) is 21.0. The maximum absolute atomic E-state index is 11.8. The molecule has 0 aliphatic rings. The lowest BCUT2D eigenvalue weighted by molar-refractivity contribution is -0.120. The summed E-state index contributed by atoms with van der Waals surface area (Å²) < 4.78 is 0. The van der Waals surface area contributed by atoms with E-state index >= 15 is 0 Å². The van der Waals surface area contributed by atoms with Crippen molar-refractivity contribution in [2.75, 3.05) is 24.6 Å². The third kappa shape index (κ3) is 8.36. The summed E-state index contributed by atoms with van der Waals surface area (Å²) in [6.07, 6.45) is 0. The molecule has 0 bridgehead atoms. The van der Waals surface area contributed by atoms with Crippen LogP contribution in [0.4, 0.5) is 0 Å². The van der Waals surface area contributed by atoms with Crippen LogP contribution in [-0.4, -0.2) is 36.4 Å². The van der Waals surface area contributed by atoms with Gasteiger partial charge in [-0.05, 0) is 48.5 Å². The standard InChI is InChI=1S/C18H18Cl2N2O2S2/c19-13-1-5-15(6-2-13)25-11-17(23)21-9-10-22-18(24)12-26-16-7-3-14(20)4-8-16/h1-8H,9-12H2,(H,21,23)(H,22,24). The number of rotatable bonds is 9.